The molecule has 1 aromatic rings. The summed E-state index contributed by atoms with van der Waals surface area (Å²) in [6, 6.07) is 5.78. The van der Waals surface area contributed by atoms with Gasteiger partial charge >= 0.3 is 0 Å². The van der Waals surface area contributed by atoms with E-state index in [1.807, 2.05) is 18.2 Å². The highest BCUT2D eigenvalue weighted by molar-refractivity contribution is 14.0. The van der Waals surface area contributed by atoms with Gasteiger partial charge in [0.15, 0.2) is 17.5 Å². The average molecular weight is 445 g/mol. The van der Waals surface area contributed by atoms with Gasteiger partial charge in [-0.2, -0.15) is 0 Å². The Morgan fingerprint density at radius 3 is 2.79 bits per heavy atom. The molecule has 1 aliphatic heterocycles. The zero-order chi connectivity index (χ0) is 16.1. The van der Waals surface area contributed by atoms with Crippen molar-refractivity contribution in [3.8, 4) is 11.5 Å². The number of rotatable bonds is 3. The molecule has 2 aliphatic rings. The molecular formula is C18H28IN3O2. The van der Waals surface area contributed by atoms with Gasteiger partial charge in [0.05, 0.1) is 13.2 Å². The summed E-state index contributed by atoms with van der Waals surface area (Å²) in [5.41, 5.74) is 6.91. The van der Waals surface area contributed by atoms with Crippen LogP contribution >= 0.6 is 24.0 Å². The molecule has 0 saturated heterocycles. The molecule has 6 heteroatoms. The number of anilines is 1. The first-order valence-corrected chi connectivity index (χ1v) is 8.67. The number of hydrogen-bond acceptors (Lipinski definition) is 3. The van der Waals surface area contributed by atoms with Crippen LogP contribution in [0.15, 0.2) is 23.2 Å². The van der Waals surface area contributed by atoms with Gasteiger partial charge in [0, 0.05) is 24.7 Å². The van der Waals surface area contributed by atoms with Crippen molar-refractivity contribution in [2.75, 3.05) is 25.1 Å². The van der Waals surface area contributed by atoms with Crippen molar-refractivity contribution in [3.05, 3.63) is 18.2 Å². The number of fused-ring (bicyclic) bond motifs is 1. The number of nitrogens with one attached hydrogen (secondary N) is 1. The average Bonchev–Trinajstić information content (AvgIpc) is 2.78. The van der Waals surface area contributed by atoms with Crippen LogP contribution in [-0.2, 0) is 0 Å². The highest BCUT2D eigenvalue weighted by atomic mass is 127. The molecule has 1 saturated carbocycles. The van der Waals surface area contributed by atoms with Crippen LogP contribution in [0.5, 0.6) is 11.5 Å². The predicted octanol–water partition coefficient (Wildman–Crippen LogP) is 4.02. The van der Waals surface area contributed by atoms with Crippen molar-refractivity contribution in [1.29, 1.82) is 0 Å². The first kappa shape index (κ1) is 19.1. The fraction of sp³-hybridized carbons (Fsp3) is 0.611. The number of nitrogens with two attached hydrogens (primary N) is 1. The van der Waals surface area contributed by atoms with Crippen LogP contribution in [0.3, 0.4) is 0 Å². The first-order chi connectivity index (χ1) is 11.2. The van der Waals surface area contributed by atoms with Gasteiger partial charge in [-0.3, -0.25) is 4.99 Å². The minimum atomic E-state index is 0. The van der Waals surface area contributed by atoms with E-state index in [1.54, 1.807) is 0 Å². The van der Waals surface area contributed by atoms with E-state index in [4.69, 9.17) is 15.2 Å². The topological polar surface area (TPSA) is 68.9 Å². The van der Waals surface area contributed by atoms with E-state index < -0.39 is 0 Å². The summed E-state index contributed by atoms with van der Waals surface area (Å²) < 4.78 is 11.3. The second kappa shape index (κ2) is 9.34. The number of aliphatic imine (C=N–C) groups is 1. The molecule has 0 spiro atoms. The molecule has 0 aromatic heterocycles. The Morgan fingerprint density at radius 1 is 1.21 bits per heavy atom. The van der Waals surface area contributed by atoms with E-state index in [1.165, 1.54) is 25.7 Å². The summed E-state index contributed by atoms with van der Waals surface area (Å²) in [5.74, 6) is 3.52. The summed E-state index contributed by atoms with van der Waals surface area (Å²) >= 11 is 0. The number of ether oxygens (including phenoxy) is 2. The van der Waals surface area contributed by atoms with Crippen molar-refractivity contribution in [2.45, 2.75) is 39.0 Å². The molecule has 0 radical (unpaired) electrons. The molecule has 5 nitrogen and oxygen atoms in total. The second-order valence-electron chi connectivity index (χ2n) is 6.70. The van der Waals surface area contributed by atoms with Gasteiger partial charge in [-0.25, -0.2) is 0 Å². The van der Waals surface area contributed by atoms with Crippen molar-refractivity contribution in [1.82, 2.24) is 0 Å². The molecule has 3 N–H and O–H groups in total. The molecule has 24 heavy (non-hydrogen) atoms. The van der Waals surface area contributed by atoms with E-state index >= 15 is 0 Å². The molecule has 1 aliphatic carbocycles. The van der Waals surface area contributed by atoms with Crippen LogP contribution in [0.4, 0.5) is 5.69 Å². The lowest BCUT2D eigenvalue weighted by molar-refractivity contribution is 0.289. The Labute approximate surface area is 161 Å². The summed E-state index contributed by atoms with van der Waals surface area (Å²) in [5, 5.41) is 3.16. The fourth-order valence-corrected chi connectivity index (χ4v) is 3.38. The van der Waals surface area contributed by atoms with Crippen LogP contribution in [0.25, 0.3) is 0 Å². The van der Waals surface area contributed by atoms with Gasteiger partial charge < -0.3 is 20.5 Å². The fourth-order valence-electron chi connectivity index (χ4n) is 3.38. The molecule has 134 valence electrons. The molecule has 2 atom stereocenters. The Hall–Kier alpha value is -1.18. The molecular weight excluding hydrogens is 417 g/mol. The number of hydrogen-bond donors (Lipinski definition) is 2. The van der Waals surface area contributed by atoms with E-state index in [-0.39, 0.29) is 24.0 Å². The minimum absolute atomic E-state index is 0. The number of halogens is 1. The van der Waals surface area contributed by atoms with Gasteiger partial charge in [-0.05, 0) is 36.8 Å². The van der Waals surface area contributed by atoms with Crippen LogP contribution in [0.2, 0.25) is 0 Å². The molecule has 1 heterocycles. The summed E-state index contributed by atoms with van der Waals surface area (Å²) in [7, 11) is 0. The quantitative estimate of drug-likeness (QED) is 0.419. The molecule has 0 amide bonds. The van der Waals surface area contributed by atoms with Crippen LogP contribution in [0, 0.1) is 11.8 Å². The maximum Gasteiger partial charge on any atom is 0.193 e. The molecule has 1 aromatic carbocycles. The molecule has 3 rings (SSSR count). The number of benzene rings is 1. The summed E-state index contributed by atoms with van der Waals surface area (Å²) in [4.78, 5) is 4.52. The van der Waals surface area contributed by atoms with Crippen molar-refractivity contribution in [3.63, 3.8) is 0 Å². The monoisotopic (exact) mass is 445 g/mol. The van der Waals surface area contributed by atoms with Crippen LogP contribution in [-0.4, -0.2) is 25.7 Å². The van der Waals surface area contributed by atoms with Crippen molar-refractivity contribution >= 4 is 35.6 Å². The Bertz CT molecular complexity index is 565. The van der Waals surface area contributed by atoms with Crippen molar-refractivity contribution < 1.29 is 9.47 Å². The van der Waals surface area contributed by atoms with Gasteiger partial charge in [-0.1, -0.05) is 19.8 Å². The highest BCUT2D eigenvalue weighted by Gasteiger charge is 2.18. The van der Waals surface area contributed by atoms with E-state index in [0.29, 0.717) is 25.1 Å². The lowest BCUT2D eigenvalue weighted by Gasteiger charge is -2.25. The van der Waals surface area contributed by atoms with Crippen LogP contribution < -0.4 is 20.5 Å². The zero-order valence-corrected chi connectivity index (χ0v) is 16.6. The normalized spacial score (nSPS) is 23.8. The number of nitrogens with zero attached hydrogens (tertiary/aromatic N) is 1. The summed E-state index contributed by atoms with van der Waals surface area (Å²) in [6.07, 6.45) is 6.11. The smallest absolute Gasteiger partial charge is 0.193 e. The van der Waals surface area contributed by atoms with Crippen molar-refractivity contribution in [2.24, 2.45) is 22.6 Å². The third-order valence-corrected chi connectivity index (χ3v) is 4.58. The van der Waals surface area contributed by atoms with E-state index in [0.717, 1.165) is 36.1 Å². The molecule has 0 bridgehead atoms. The SMILES string of the molecule is CC1CCCC(CN=C(N)Nc2ccc3c(c2)OCCCO3)C1.I. The largest absolute Gasteiger partial charge is 0.490 e. The van der Waals surface area contributed by atoms with E-state index in [9.17, 15) is 0 Å². The van der Waals surface area contributed by atoms with Gasteiger partial charge in [-0.15, -0.1) is 24.0 Å². The zero-order valence-electron chi connectivity index (χ0n) is 14.3. The van der Waals surface area contributed by atoms with Gasteiger partial charge in [0.1, 0.15) is 0 Å². The Morgan fingerprint density at radius 2 is 2.00 bits per heavy atom. The summed E-state index contributed by atoms with van der Waals surface area (Å²) in [6.45, 7) is 4.52. The lowest BCUT2D eigenvalue weighted by Crippen LogP contribution is -2.25. The minimum Gasteiger partial charge on any atom is -0.490 e. The maximum atomic E-state index is 6.03. The standard InChI is InChI=1S/C18H27N3O2.HI/c1-13-4-2-5-14(10-13)12-20-18(19)21-15-6-7-16-17(11-15)23-9-3-8-22-16;/h6-7,11,13-14H,2-5,8-10,12H2,1H3,(H3,19,20,21);1H. The first-order valence-electron chi connectivity index (χ1n) is 8.67. The van der Waals surface area contributed by atoms with Crippen LogP contribution in [0.1, 0.15) is 39.0 Å². The highest BCUT2D eigenvalue weighted by Crippen LogP contribution is 2.32. The predicted molar refractivity (Wildman–Crippen MR) is 109 cm³/mol. The van der Waals surface area contributed by atoms with Gasteiger partial charge in [0.2, 0.25) is 0 Å². The van der Waals surface area contributed by atoms with Gasteiger partial charge in [0.25, 0.3) is 0 Å². The lowest BCUT2D eigenvalue weighted by atomic mass is 9.82. The van der Waals surface area contributed by atoms with E-state index in [2.05, 4.69) is 17.2 Å². The Kier molecular flexibility index (Phi) is 7.45. The second-order valence-corrected chi connectivity index (χ2v) is 6.70. The number of guanidine groups is 1. The maximum absolute atomic E-state index is 6.03. The Balaban J connectivity index is 0.00000208. The molecule has 1 fully saturated rings. The third-order valence-electron chi connectivity index (χ3n) is 4.58. The molecule has 2 unspecified atom stereocenters. The third kappa shape index (κ3) is 5.43.